The van der Waals surface area contributed by atoms with Crippen molar-refractivity contribution in [1.29, 1.82) is 0 Å². The Morgan fingerprint density at radius 2 is 2.10 bits per heavy atom. The molecule has 1 fully saturated rings. The van der Waals surface area contributed by atoms with E-state index >= 15 is 0 Å². The largest absolute Gasteiger partial charge is 0.445 e. The normalized spacial score (nSPS) is 16.4. The Hall–Kier alpha value is -2.41. The van der Waals surface area contributed by atoms with Crippen molar-refractivity contribution in [3.63, 3.8) is 0 Å². The van der Waals surface area contributed by atoms with E-state index in [1.165, 1.54) is 15.8 Å². The van der Waals surface area contributed by atoms with Crippen molar-refractivity contribution in [3.05, 3.63) is 47.8 Å². The summed E-state index contributed by atoms with van der Waals surface area (Å²) in [5.74, 6) is 0. The van der Waals surface area contributed by atoms with E-state index in [0.717, 1.165) is 5.56 Å². The number of carbonyl (C=O) groups is 1. The van der Waals surface area contributed by atoms with Gasteiger partial charge in [0, 0.05) is 7.05 Å². The molecule has 1 aliphatic heterocycles. The summed E-state index contributed by atoms with van der Waals surface area (Å²) in [6.07, 6.45) is 1.07. The zero-order valence-electron chi connectivity index (χ0n) is 11.6. The van der Waals surface area contributed by atoms with E-state index in [0.29, 0.717) is 5.69 Å². The molecule has 1 amide bonds. The number of hydrogen-bond donors (Lipinski definition) is 1. The average Bonchev–Trinajstić information content (AvgIpc) is 2.89. The Morgan fingerprint density at radius 3 is 2.71 bits per heavy atom. The maximum Gasteiger partial charge on any atom is 0.410 e. The molecule has 110 valence electrons. The van der Waals surface area contributed by atoms with Crippen LogP contribution in [0.15, 0.2) is 36.5 Å². The number of hydrogen-bond acceptors (Lipinski definition) is 5. The topological polar surface area (TPSA) is 80.5 Å². The van der Waals surface area contributed by atoms with Crippen molar-refractivity contribution in [1.82, 2.24) is 19.9 Å². The van der Waals surface area contributed by atoms with Gasteiger partial charge in [-0.05, 0) is 5.56 Å². The minimum absolute atomic E-state index is 0.182. The first-order chi connectivity index (χ1) is 10.1. The number of benzene rings is 1. The molecule has 0 saturated carbocycles. The fourth-order valence-corrected chi connectivity index (χ4v) is 2.40. The van der Waals surface area contributed by atoms with Crippen molar-refractivity contribution < 1.29 is 14.6 Å². The van der Waals surface area contributed by atoms with Crippen LogP contribution in [0.3, 0.4) is 0 Å². The third kappa shape index (κ3) is 2.59. The summed E-state index contributed by atoms with van der Waals surface area (Å²) < 4.78 is 6.72. The summed E-state index contributed by atoms with van der Waals surface area (Å²) in [7, 11) is 1.71. The fourth-order valence-electron chi connectivity index (χ4n) is 2.40. The molecule has 1 aromatic heterocycles. The molecule has 2 heterocycles. The second-order valence-corrected chi connectivity index (χ2v) is 5.17. The highest BCUT2D eigenvalue weighted by Gasteiger charge is 2.47. The molecule has 7 nitrogen and oxygen atoms in total. The van der Waals surface area contributed by atoms with Gasteiger partial charge in [0.2, 0.25) is 0 Å². The van der Waals surface area contributed by atoms with E-state index in [1.54, 1.807) is 7.05 Å². The quantitative estimate of drug-likeness (QED) is 0.897. The molecule has 2 aromatic rings. The molecule has 1 aliphatic rings. The number of aromatic nitrogens is 3. The number of nitrogens with zero attached hydrogens (tertiary/aromatic N) is 4. The summed E-state index contributed by atoms with van der Waals surface area (Å²) in [6, 6.07) is 9.47. The predicted molar refractivity (Wildman–Crippen MR) is 73.1 cm³/mol. The van der Waals surface area contributed by atoms with Crippen LogP contribution in [-0.2, 0) is 24.0 Å². The Bertz CT molecular complexity index is 635. The summed E-state index contributed by atoms with van der Waals surface area (Å²) in [5.41, 5.74) is 0.427. The van der Waals surface area contributed by atoms with Gasteiger partial charge in [-0.15, -0.1) is 5.10 Å². The fraction of sp³-hybridized carbons (Fsp3) is 0.357. The number of aliphatic hydroxyl groups is 1. The minimum atomic E-state index is -1.09. The number of amides is 1. The molecule has 0 atom stereocenters. The molecule has 0 aliphatic carbocycles. The molecule has 0 bridgehead atoms. The number of carbonyl (C=O) groups excluding carboxylic acids is 1. The molecular weight excluding hydrogens is 272 g/mol. The third-order valence-corrected chi connectivity index (χ3v) is 3.56. The van der Waals surface area contributed by atoms with Gasteiger partial charge < -0.3 is 14.7 Å². The highest BCUT2D eigenvalue weighted by molar-refractivity contribution is 5.69. The van der Waals surface area contributed by atoms with Crippen LogP contribution in [0.25, 0.3) is 0 Å². The number of rotatable bonds is 3. The van der Waals surface area contributed by atoms with E-state index in [9.17, 15) is 9.90 Å². The molecule has 21 heavy (non-hydrogen) atoms. The lowest BCUT2D eigenvalue weighted by atomic mass is 9.91. The van der Waals surface area contributed by atoms with E-state index in [2.05, 4.69) is 10.3 Å². The Labute approximate surface area is 121 Å². The van der Waals surface area contributed by atoms with Gasteiger partial charge in [-0.3, -0.25) is 0 Å². The summed E-state index contributed by atoms with van der Waals surface area (Å²) >= 11 is 0. The first-order valence-electron chi connectivity index (χ1n) is 6.62. The zero-order chi connectivity index (χ0) is 14.9. The lowest BCUT2D eigenvalue weighted by Crippen LogP contribution is -2.61. The number of ether oxygens (including phenoxy) is 1. The van der Waals surface area contributed by atoms with Gasteiger partial charge in [0.25, 0.3) is 0 Å². The smallest absolute Gasteiger partial charge is 0.410 e. The molecule has 3 rings (SSSR count). The third-order valence-electron chi connectivity index (χ3n) is 3.56. The van der Waals surface area contributed by atoms with E-state index < -0.39 is 11.7 Å². The number of aryl methyl sites for hydroxylation is 1. The van der Waals surface area contributed by atoms with Crippen molar-refractivity contribution in [2.45, 2.75) is 12.2 Å². The van der Waals surface area contributed by atoms with E-state index in [1.807, 2.05) is 30.3 Å². The van der Waals surface area contributed by atoms with Gasteiger partial charge in [-0.2, -0.15) is 0 Å². The van der Waals surface area contributed by atoms with E-state index in [4.69, 9.17) is 4.74 Å². The van der Waals surface area contributed by atoms with Gasteiger partial charge >= 0.3 is 6.09 Å². The van der Waals surface area contributed by atoms with Crippen LogP contribution in [0.4, 0.5) is 4.79 Å². The second-order valence-electron chi connectivity index (χ2n) is 5.17. The zero-order valence-corrected chi connectivity index (χ0v) is 11.6. The van der Waals surface area contributed by atoms with Crippen LogP contribution in [0.5, 0.6) is 0 Å². The lowest BCUT2D eigenvalue weighted by molar-refractivity contribution is -0.0997. The SMILES string of the molecule is Cn1nncc1C1(O)CN(C(=O)OCc2ccccc2)C1. The molecular formula is C14H16N4O3. The van der Waals surface area contributed by atoms with Gasteiger partial charge in [0.05, 0.1) is 25.0 Å². The van der Waals surface area contributed by atoms with Crippen molar-refractivity contribution >= 4 is 6.09 Å². The number of β-amino-alcohol motifs (C(OH)–C–C–N with tert-alkyl or cyclic N) is 1. The van der Waals surface area contributed by atoms with Crippen LogP contribution in [0.1, 0.15) is 11.3 Å². The summed E-state index contributed by atoms with van der Waals surface area (Å²) in [5, 5.41) is 17.9. The van der Waals surface area contributed by atoms with E-state index in [-0.39, 0.29) is 19.7 Å². The van der Waals surface area contributed by atoms with Gasteiger partial charge in [-0.25, -0.2) is 9.48 Å². The maximum absolute atomic E-state index is 11.9. The molecule has 0 unspecified atom stereocenters. The van der Waals surface area contributed by atoms with Gasteiger partial charge in [0.15, 0.2) is 0 Å². The molecule has 7 heteroatoms. The molecule has 1 aromatic carbocycles. The van der Waals surface area contributed by atoms with Crippen LogP contribution in [0, 0.1) is 0 Å². The van der Waals surface area contributed by atoms with Crippen LogP contribution < -0.4 is 0 Å². The van der Waals surface area contributed by atoms with Crippen LogP contribution in [-0.4, -0.2) is 44.2 Å². The molecule has 1 N–H and O–H groups in total. The van der Waals surface area contributed by atoms with Crippen molar-refractivity contribution in [2.24, 2.45) is 7.05 Å². The molecule has 1 saturated heterocycles. The van der Waals surface area contributed by atoms with Gasteiger partial charge in [0.1, 0.15) is 12.2 Å². The van der Waals surface area contributed by atoms with Crippen LogP contribution >= 0.6 is 0 Å². The summed E-state index contributed by atoms with van der Waals surface area (Å²) in [4.78, 5) is 13.3. The van der Waals surface area contributed by atoms with Crippen molar-refractivity contribution in [2.75, 3.05) is 13.1 Å². The maximum atomic E-state index is 11.9. The Morgan fingerprint density at radius 1 is 1.38 bits per heavy atom. The van der Waals surface area contributed by atoms with Crippen molar-refractivity contribution in [3.8, 4) is 0 Å². The molecule has 0 radical (unpaired) electrons. The Kier molecular flexibility index (Phi) is 3.34. The molecule has 0 spiro atoms. The first kappa shape index (κ1) is 13.6. The van der Waals surface area contributed by atoms with Crippen LogP contribution in [0.2, 0.25) is 0 Å². The standard InChI is InChI=1S/C14H16N4O3/c1-17-12(7-15-16-17)14(20)9-18(10-14)13(19)21-8-11-5-3-2-4-6-11/h2-7,20H,8-10H2,1H3. The second kappa shape index (κ2) is 5.17. The van der Waals surface area contributed by atoms with Gasteiger partial charge in [-0.1, -0.05) is 35.5 Å². The minimum Gasteiger partial charge on any atom is -0.445 e. The highest BCUT2D eigenvalue weighted by Crippen LogP contribution is 2.31. The lowest BCUT2D eigenvalue weighted by Gasteiger charge is -2.44. The average molecular weight is 288 g/mol. The highest BCUT2D eigenvalue weighted by atomic mass is 16.6. The summed E-state index contributed by atoms with van der Waals surface area (Å²) in [6.45, 7) is 0.589. The first-order valence-corrected chi connectivity index (χ1v) is 6.62. The number of likely N-dealkylation sites (tertiary alicyclic amines) is 1. The predicted octanol–water partition coefficient (Wildman–Crippen LogP) is 0.655. The Balaban J connectivity index is 1.54. The monoisotopic (exact) mass is 288 g/mol.